The largest absolute Gasteiger partial charge is 0.268 e. The fourth-order valence-corrected chi connectivity index (χ4v) is 4.22. The zero-order chi connectivity index (χ0) is 21.5. The van der Waals surface area contributed by atoms with Crippen LogP contribution in [0, 0.1) is 0 Å². The summed E-state index contributed by atoms with van der Waals surface area (Å²) < 4.78 is 0. The minimum Gasteiger partial charge on any atom is -0.268 e. The summed E-state index contributed by atoms with van der Waals surface area (Å²) in [5, 5.41) is 2.59. The van der Waals surface area contributed by atoms with Gasteiger partial charge in [-0.3, -0.25) is 14.6 Å². The number of hydrogen-bond acceptors (Lipinski definition) is 3. The Bertz CT molecular complexity index is 1320. The van der Waals surface area contributed by atoms with Crippen molar-refractivity contribution in [3.63, 3.8) is 0 Å². The van der Waals surface area contributed by atoms with E-state index in [2.05, 4.69) is 4.99 Å². The number of rotatable bonds is 3. The Kier molecular flexibility index (Phi) is 4.81. The molecule has 0 bridgehead atoms. The molecule has 5 rings (SSSR count). The molecule has 2 amide bonds. The van der Waals surface area contributed by atoms with Gasteiger partial charge in [0.15, 0.2) is 0 Å². The molecule has 0 atom stereocenters. The number of anilines is 1. The van der Waals surface area contributed by atoms with Crippen LogP contribution in [0.5, 0.6) is 0 Å². The van der Waals surface area contributed by atoms with Crippen molar-refractivity contribution in [2.75, 3.05) is 4.90 Å². The Morgan fingerprint density at radius 1 is 0.710 bits per heavy atom. The van der Waals surface area contributed by atoms with Gasteiger partial charge in [0.2, 0.25) is 0 Å². The molecule has 0 aromatic heterocycles. The quantitative estimate of drug-likeness (QED) is 0.260. The summed E-state index contributed by atoms with van der Waals surface area (Å²) in [7, 11) is 0. The van der Waals surface area contributed by atoms with E-state index >= 15 is 0 Å². The maximum absolute atomic E-state index is 13.1. The van der Waals surface area contributed by atoms with Crippen molar-refractivity contribution < 1.29 is 9.59 Å². The molecule has 0 saturated heterocycles. The number of carbonyl (C=O) groups excluding carboxylic acids is 2. The van der Waals surface area contributed by atoms with E-state index in [-0.39, 0.29) is 11.8 Å². The van der Waals surface area contributed by atoms with E-state index in [4.69, 9.17) is 23.2 Å². The van der Waals surface area contributed by atoms with Crippen molar-refractivity contribution in [1.82, 2.24) is 0 Å². The van der Waals surface area contributed by atoms with Crippen LogP contribution in [0.4, 0.5) is 11.4 Å². The number of aliphatic imine (C=N–C) groups is 1. The molecule has 150 valence electrons. The van der Waals surface area contributed by atoms with Gasteiger partial charge in [-0.15, -0.1) is 0 Å². The highest BCUT2D eigenvalue weighted by atomic mass is 35.5. The summed E-state index contributed by atoms with van der Waals surface area (Å²) in [6, 6.07) is 23.1. The molecule has 1 aliphatic rings. The third-order valence-electron chi connectivity index (χ3n) is 5.22. The van der Waals surface area contributed by atoms with E-state index in [1.807, 2.05) is 24.3 Å². The summed E-state index contributed by atoms with van der Waals surface area (Å²) >= 11 is 12.3. The van der Waals surface area contributed by atoms with Gasteiger partial charge in [-0.25, -0.2) is 4.90 Å². The molecule has 4 nitrogen and oxygen atoms in total. The van der Waals surface area contributed by atoms with Crippen LogP contribution < -0.4 is 4.90 Å². The Morgan fingerprint density at radius 3 is 1.84 bits per heavy atom. The van der Waals surface area contributed by atoms with E-state index < -0.39 is 0 Å². The second kappa shape index (κ2) is 7.65. The summed E-state index contributed by atoms with van der Waals surface area (Å²) in [6.45, 7) is 0. The lowest BCUT2D eigenvalue weighted by Gasteiger charge is -2.27. The van der Waals surface area contributed by atoms with E-state index in [1.54, 1.807) is 60.8 Å². The number of benzene rings is 4. The van der Waals surface area contributed by atoms with Gasteiger partial charge in [0.1, 0.15) is 0 Å². The first-order valence-electron chi connectivity index (χ1n) is 9.53. The molecule has 0 aliphatic carbocycles. The maximum Gasteiger partial charge on any atom is 0.265 e. The molecule has 31 heavy (non-hydrogen) atoms. The summed E-state index contributed by atoms with van der Waals surface area (Å²) in [4.78, 5) is 31.9. The van der Waals surface area contributed by atoms with Crippen LogP contribution in [0.1, 0.15) is 26.3 Å². The third kappa shape index (κ3) is 3.30. The van der Waals surface area contributed by atoms with Crippen molar-refractivity contribution in [3.8, 4) is 0 Å². The lowest BCUT2D eigenvalue weighted by Crippen LogP contribution is -2.40. The molecular formula is C25H14Cl2N2O2. The van der Waals surface area contributed by atoms with Gasteiger partial charge in [-0.05, 0) is 53.9 Å². The molecule has 1 aliphatic heterocycles. The Morgan fingerprint density at radius 2 is 1.26 bits per heavy atom. The molecule has 0 saturated carbocycles. The lowest BCUT2D eigenvalue weighted by atomic mass is 9.94. The van der Waals surface area contributed by atoms with Gasteiger partial charge in [0, 0.05) is 28.3 Å². The van der Waals surface area contributed by atoms with E-state index in [9.17, 15) is 9.59 Å². The van der Waals surface area contributed by atoms with Crippen LogP contribution in [0.15, 0.2) is 83.9 Å². The third-order valence-corrected chi connectivity index (χ3v) is 5.88. The molecule has 6 heteroatoms. The fourth-order valence-electron chi connectivity index (χ4n) is 3.73. The van der Waals surface area contributed by atoms with Crippen molar-refractivity contribution in [2.24, 2.45) is 4.99 Å². The Labute approximate surface area is 188 Å². The highest BCUT2D eigenvalue weighted by Crippen LogP contribution is 2.33. The van der Waals surface area contributed by atoms with E-state index in [1.165, 1.54) is 4.90 Å². The van der Waals surface area contributed by atoms with Crippen LogP contribution in [-0.2, 0) is 0 Å². The molecule has 0 fully saturated rings. The molecule has 0 N–H and O–H groups in total. The molecule has 0 unspecified atom stereocenters. The van der Waals surface area contributed by atoms with Gasteiger partial charge in [-0.1, -0.05) is 53.5 Å². The van der Waals surface area contributed by atoms with Crippen molar-refractivity contribution in [1.29, 1.82) is 0 Å². The number of hydrogen-bond donors (Lipinski definition) is 0. The molecule has 0 radical (unpaired) electrons. The van der Waals surface area contributed by atoms with E-state index in [0.29, 0.717) is 43.5 Å². The summed E-state index contributed by atoms with van der Waals surface area (Å²) in [5.74, 6) is -0.679. The number of amides is 2. The minimum absolute atomic E-state index is 0.339. The average Bonchev–Trinajstić information content (AvgIpc) is 2.78. The van der Waals surface area contributed by atoms with Gasteiger partial charge in [0.25, 0.3) is 11.8 Å². The van der Waals surface area contributed by atoms with Gasteiger partial charge >= 0.3 is 0 Å². The standard InChI is InChI=1S/C25H14Cl2N2O2/c26-21-8-3-9-22(27)20(21)14-28-16-10-12-17(13-11-16)29-24(30)18-6-1-4-15-5-2-7-19(23(15)18)25(29)31/h1-14H. The average molecular weight is 445 g/mol. The molecule has 1 heterocycles. The molecule has 4 aromatic rings. The van der Waals surface area contributed by atoms with Gasteiger partial charge in [0.05, 0.1) is 21.4 Å². The van der Waals surface area contributed by atoms with Crippen LogP contribution in [-0.4, -0.2) is 18.0 Å². The summed E-state index contributed by atoms with van der Waals surface area (Å²) in [6.07, 6.45) is 1.59. The highest BCUT2D eigenvalue weighted by Gasteiger charge is 2.33. The number of halogens is 2. The fraction of sp³-hybridized carbons (Fsp3) is 0. The maximum atomic E-state index is 13.1. The van der Waals surface area contributed by atoms with Gasteiger partial charge in [-0.2, -0.15) is 0 Å². The predicted octanol–water partition coefficient (Wildman–Crippen LogP) is 6.70. The van der Waals surface area contributed by atoms with Crippen LogP contribution >= 0.6 is 23.2 Å². The smallest absolute Gasteiger partial charge is 0.265 e. The zero-order valence-corrected chi connectivity index (χ0v) is 17.6. The first-order valence-corrected chi connectivity index (χ1v) is 10.3. The monoisotopic (exact) mass is 444 g/mol. The van der Waals surface area contributed by atoms with Crippen LogP contribution in [0.25, 0.3) is 10.8 Å². The zero-order valence-electron chi connectivity index (χ0n) is 16.0. The van der Waals surface area contributed by atoms with Crippen molar-refractivity contribution in [3.05, 3.63) is 106 Å². The Hall–Kier alpha value is -3.47. The second-order valence-corrected chi connectivity index (χ2v) is 7.88. The SMILES string of the molecule is O=C1c2cccc3cccc(c23)C(=O)N1c1ccc(N=Cc2c(Cl)cccc2Cl)cc1. The van der Waals surface area contributed by atoms with Crippen LogP contribution in [0.2, 0.25) is 10.0 Å². The van der Waals surface area contributed by atoms with E-state index in [0.717, 1.165) is 5.39 Å². The normalized spacial score (nSPS) is 13.4. The second-order valence-electron chi connectivity index (χ2n) is 7.06. The number of imide groups is 1. The van der Waals surface area contributed by atoms with Gasteiger partial charge < -0.3 is 0 Å². The molecule has 4 aromatic carbocycles. The van der Waals surface area contributed by atoms with Crippen molar-refractivity contribution >= 4 is 63.4 Å². The molecule has 0 spiro atoms. The van der Waals surface area contributed by atoms with Crippen molar-refractivity contribution in [2.45, 2.75) is 0 Å². The lowest BCUT2D eigenvalue weighted by molar-refractivity contribution is 0.0893. The minimum atomic E-state index is -0.339. The number of nitrogens with zero attached hydrogens (tertiary/aromatic N) is 2. The first kappa shape index (κ1) is 19.5. The Balaban J connectivity index is 1.48. The summed E-state index contributed by atoms with van der Waals surface area (Å²) in [5.41, 5.74) is 2.78. The topological polar surface area (TPSA) is 49.7 Å². The predicted molar refractivity (Wildman–Crippen MR) is 125 cm³/mol. The first-order chi connectivity index (χ1) is 15.0. The van der Waals surface area contributed by atoms with Crippen LogP contribution in [0.3, 0.4) is 0 Å². The highest BCUT2D eigenvalue weighted by molar-refractivity contribution is 6.38. The number of carbonyl (C=O) groups is 2. The molecular weight excluding hydrogens is 431 g/mol.